The molecule has 1 aliphatic heterocycles. The van der Waals surface area contributed by atoms with Gasteiger partial charge in [0.05, 0.1) is 16.7 Å². The lowest BCUT2D eigenvalue weighted by molar-refractivity contribution is 0.0447. The van der Waals surface area contributed by atoms with Gasteiger partial charge in [-0.05, 0) is 32.9 Å². The number of fused-ring (bicyclic) bond motifs is 1. The Morgan fingerprint density at radius 2 is 2.09 bits per heavy atom. The lowest BCUT2D eigenvalue weighted by Crippen LogP contribution is -2.46. The maximum Gasteiger partial charge on any atom is 0.189 e. The van der Waals surface area contributed by atoms with Crippen LogP contribution in [0, 0.1) is 12.7 Å². The maximum atomic E-state index is 14.4. The van der Waals surface area contributed by atoms with Gasteiger partial charge >= 0.3 is 0 Å². The number of β-amino-alcohol motifs (C(OH)–C–C–N with tert-alkyl or cyclic N) is 1. The molecule has 124 valence electrons. The molecule has 0 bridgehead atoms. The molecule has 0 aromatic carbocycles. The number of aromatic nitrogens is 3. The van der Waals surface area contributed by atoms with Crippen LogP contribution in [0.4, 0.5) is 10.2 Å². The summed E-state index contributed by atoms with van der Waals surface area (Å²) < 4.78 is 14.4. The van der Waals surface area contributed by atoms with E-state index in [1.165, 1.54) is 11.8 Å². The Labute approximate surface area is 143 Å². The SMILES string of the molecule is CSc1nc(N2CCC[C@@](C)(O)C2)c2c(C)nc(Cl)c(F)c2n1. The molecule has 23 heavy (non-hydrogen) atoms. The summed E-state index contributed by atoms with van der Waals surface area (Å²) in [7, 11) is 0. The number of hydrogen-bond acceptors (Lipinski definition) is 6. The monoisotopic (exact) mass is 356 g/mol. The molecule has 0 unspecified atom stereocenters. The van der Waals surface area contributed by atoms with Crippen LogP contribution in [0.25, 0.3) is 10.9 Å². The molecule has 0 aliphatic carbocycles. The summed E-state index contributed by atoms with van der Waals surface area (Å²) in [4.78, 5) is 14.9. The van der Waals surface area contributed by atoms with Crippen LogP contribution in [0.2, 0.25) is 5.15 Å². The van der Waals surface area contributed by atoms with Gasteiger partial charge in [-0.15, -0.1) is 0 Å². The average molecular weight is 357 g/mol. The van der Waals surface area contributed by atoms with Crippen molar-refractivity contribution >= 4 is 40.1 Å². The number of hydrogen-bond donors (Lipinski definition) is 1. The molecular formula is C15H18ClFN4OS. The fraction of sp³-hybridized carbons (Fsp3) is 0.533. The van der Waals surface area contributed by atoms with E-state index in [-0.39, 0.29) is 10.7 Å². The van der Waals surface area contributed by atoms with Crippen molar-refractivity contribution in [3.63, 3.8) is 0 Å². The summed E-state index contributed by atoms with van der Waals surface area (Å²) in [6.45, 7) is 4.76. The van der Waals surface area contributed by atoms with Crippen LogP contribution in [0.5, 0.6) is 0 Å². The minimum atomic E-state index is -0.790. The largest absolute Gasteiger partial charge is 0.388 e. The number of thioether (sulfide) groups is 1. The van der Waals surface area contributed by atoms with Gasteiger partial charge in [0.25, 0.3) is 0 Å². The third kappa shape index (κ3) is 3.09. The van der Waals surface area contributed by atoms with E-state index in [2.05, 4.69) is 15.0 Å². The van der Waals surface area contributed by atoms with E-state index in [1.807, 2.05) is 11.2 Å². The van der Waals surface area contributed by atoms with Crippen LogP contribution < -0.4 is 4.90 Å². The predicted molar refractivity (Wildman–Crippen MR) is 90.9 cm³/mol. The van der Waals surface area contributed by atoms with Gasteiger partial charge in [-0.3, -0.25) is 0 Å². The zero-order valence-corrected chi connectivity index (χ0v) is 14.8. The molecule has 1 aliphatic rings. The third-order valence-electron chi connectivity index (χ3n) is 4.04. The molecular weight excluding hydrogens is 339 g/mol. The Morgan fingerprint density at radius 3 is 2.74 bits per heavy atom. The Hall–Kier alpha value is -1.18. The van der Waals surface area contributed by atoms with E-state index in [0.717, 1.165) is 19.4 Å². The summed E-state index contributed by atoms with van der Waals surface area (Å²) in [6.07, 6.45) is 3.42. The van der Waals surface area contributed by atoms with Crippen molar-refractivity contribution in [2.24, 2.45) is 0 Å². The number of aryl methyl sites for hydroxylation is 1. The van der Waals surface area contributed by atoms with Crippen LogP contribution >= 0.6 is 23.4 Å². The first-order valence-electron chi connectivity index (χ1n) is 7.37. The molecule has 3 heterocycles. The number of piperidine rings is 1. The van der Waals surface area contributed by atoms with Gasteiger partial charge in [-0.2, -0.15) is 0 Å². The van der Waals surface area contributed by atoms with Gasteiger partial charge < -0.3 is 10.0 Å². The number of aliphatic hydroxyl groups is 1. The summed E-state index contributed by atoms with van der Waals surface area (Å²) in [5.41, 5.74) is -0.0252. The Balaban J connectivity index is 2.25. The second-order valence-corrected chi connectivity index (χ2v) is 7.21. The van der Waals surface area contributed by atoms with Gasteiger partial charge in [-0.25, -0.2) is 19.3 Å². The maximum absolute atomic E-state index is 14.4. The second-order valence-electron chi connectivity index (χ2n) is 6.08. The van der Waals surface area contributed by atoms with Crippen molar-refractivity contribution in [1.82, 2.24) is 15.0 Å². The van der Waals surface area contributed by atoms with Crippen molar-refractivity contribution in [2.45, 2.75) is 37.4 Å². The molecule has 1 atom stereocenters. The van der Waals surface area contributed by atoms with Crippen LogP contribution in [-0.4, -0.2) is 45.0 Å². The van der Waals surface area contributed by atoms with Gasteiger partial charge in [-0.1, -0.05) is 23.4 Å². The summed E-state index contributed by atoms with van der Waals surface area (Å²) >= 11 is 7.21. The minimum Gasteiger partial charge on any atom is -0.388 e. The second kappa shape index (κ2) is 6.03. The highest BCUT2D eigenvalue weighted by atomic mass is 35.5. The molecule has 2 aromatic rings. The highest BCUT2D eigenvalue weighted by Crippen LogP contribution is 2.34. The van der Waals surface area contributed by atoms with E-state index in [9.17, 15) is 9.50 Å². The van der Waals surface area contributed by atoms with Crippen LogP contribution in [0.15, 0.2) is 5.16 Å². The van der Waals surface area contributed by atoms with Crippen LogP contribution in [0.3, 0.4) is 0 Å². The Kier molecular flexibility index (Phi) is 4.37. The van der Waals surface area contributed by atoms with Gasteiger partial charge in [0, 0.05) is 13.1 Å². The van der Waals surface area contributed by atoms with E-state index >= 15 is 0 Å². The lowest BCUT2D eigenvalue weighted by Gasteiger charge is -2.38. The predicted octanol–water partition coefficient (Wildman–Crippen LogP) is 3.20. The molecule has 0 saturated carbocycles. The molecule has 1 N–H and O–H groups in total. The van der Waals surface area contributed by atoms with Gasteiger partial charge in [0.1, 0.15) is 11.3 Å². The van der Waals surface area contributed by atoms with E-state index in [0.29, 0.717) is 28.6 Å². The first kappa shape index (κ1) is 16.7. The van der Waals surface area contributed by atoms with Crippen LogP contribution in [0.1, 0.15) is 25.5 Å². The molecule has 0 amide bonds. The fourth-order valence-corrected chi connectivity index (χ4v) is 3.57. The zero-order chi connectivity index (χ0) is 16.8. The number of pyridine rings is 1. The minimum absolute atomic E-state index is 0.182. The van der Waals surface area contributed by atoms with E-state index < -0.39 is 11.4 Å². The van der Waals surface area contributed by atoms with Crippen molar-refractivity contribution in [2.75, 3.05) is 24.2 Å². The van der Waals surface area contributed by atoms with Crippen molar-refractivity contribution < 1.29 is 9.50 Å². The molecule has 5 nitrogen and oxygen atoms in total. The highest BCUT2D eigenvalue weighted by Gasteiger charge is 2.31. The highest BCUT2D eigenvalue weighted by molar-refractivity contribution is 7.98. The summed E-state index contributed by atoms with van der Waals surface area (Å²) in [5.74, 6) is -0.0186. The summed E-state index contributed by atoms with van der Waals surface area (Å²) in [6, 6.07) is 0. The molecule has 1 fully saturated rings. The quantitative estimate of drug-likeness (QED) is 0.506. The zero-order valence-electron chi connectivity index (χ0n) is 13.2. The average Bonchev–Trinajstić information content (AvgIpc) is 2.50. The van der Waals surface area contributed by atoms with Gasteiger partial charge in [0.15, 0.2) is 16.1 Å². The first-order chi connectivity index (χ1) is 10.8. The lowest BCUT2D eigenvalue weighted by atomic mass is 9.95. The number of rotatable bonds is 2. The number of nitrogens with zero attached hydrogens (tertiary/aromatic N) is 4. The fourth-order valence-electron chi connectivity index (χ4n) is 2.99. The molecule has 0 spiro atoms. The van der Waals surface area contributed by atoms with E-state index in [4.69, 9.17) is 11.6 Å². The topological polar surface area (TPSA) is 62.1 Å². The number of halogens is 2. The molecule has 3 rings (SSSR count). The van der Waals surface area contributed by atoms with Crippen molar-refractivity contribution in [3.8, 4) is 0 Å². The Bertz CT molecular complexity index is 771. The van der Waals surface area contributed by atoms with Crippen LogP contribution in [-0.2, 0) is 0 Å². The van der Waals surface area contributed by atoms with Crippen molar-refractivity contribution in [3.05, 3.63) is 16.7 Å². The van der Waals surface area contributed by atoms with Gasteiger partial charge in [0.2, 0.25) is 0 Å². The van der Waals surface area contributed by atoms with E-state index in [1.54, 1.807) is 13.8 Å². The normalized spacial score (nSPS) is 21.9. The smallest absolute Gasteiger partial charge is 0.189 e. The third-order valence-corrected chi connectivity index (χ3v) is 4.84. The Morgan fingerprint density at radius 1 is 1.35 bits per heavy atom. The molecule has 8 heteroatoms. The number of anilines is 1. The molecule has 1 saturated heterocycles. The standard InChI is InChI=1S/C15H18ClFN4OS/c1-8-9-11(10(17)12(16)18-8)19-14(23-3)20-13(9)21-6-4-5-15(2,22)7-21/h22H,4-7H2,1-3H3/t15-/m1/s1. The molecule has 2 aromatic heterocycles. The summed E-state index contributed by atoms with van der Waals surface area (Å²) in [5, 5.41) is 11.2. The van der Waals surface area contributed by atoms with Crippen molar-refractivity contribution in [1.29, 1.82) is 0 Å². The first-order valence-corrected chi connectivity index (χ1v) is 8.97. The molecule has 0 radical (unpaired) electrons.